The predicted octanol–water partition coefficient (Wildman–Crippen LogP) is 2.81. The minimum absolute atomic E-state index is 0.172. The van der Waals surface area contributed by atoms with E-state index in [4.69, 9.17) is 0 Å². The molecule has 0 spiro atoms. The third-order valence-electron chi connectivity index (χ3n) is 4.71. The summed E-state index contributed by atoms with van der Waals surface area (Å²) in [5, 5.41) is 0. The molecule has 0 aromatic heterocycles. The van der Waals surface area contributed by atoms with Gasteiger partial charge in [-0.2, -0.15) is 13.2 Å². The molecule has 0 unspecified atom stereocenters. The molecule has 2 aromatic carbocycles. The summed E-state index contributed by atoms with van der Waals surface area (Å²) in [6, 6.07) is 13.6. The summed E-state index contributed by atoms with van der Waals surface area (Å²) < 4.78 is 64.7. The average molecular weight is 413 g/mol. The van der Waals surface area contributed by atoms with Crippen LogP contribution in [-0.4, -0.2) is 52.6 Å². The summed E-state index contributed by atoms with van der Waals surface area (Å²) in [5.41, 5.74) is 0.299. The molecule has 1 fully saturated rings. The average Bonchev–Trinajstić information content (AvgIpc) is 2.68. The van der Waals surface area contributed by atoms with Crippen molar-refractivity contribution in [3.05, 3.63) is 60.2 Å². The largest absolute Gasteiger partial charge is 0.416 e. The van der Waals surface area contributed by atoms with Crippen LogP contribution in [0.4, 0.5) is 18.9 Å². The first-order chi connectivity index (χ1) is 13.3. The Balaban J connectivity index is 1.47. The number of alkyl halides is 3. The van der Waals surface area contributed by atoms with E-state index >= 15 is 0 Å². The highest BCUT2D eigenvalue weighted by Crippen LogP contribution is 2.29. The Morgan fingerprint density at radius 3 is 2.07 bits per heavy atom. The normalized spacial score (nSPS) is 16.3. The van der Waals surface area contributed by atoms with Crippen LogP contribution in [0.1, 0.15) is 5.56 Å². The van der Waals surface area contributed by atoms with Crippen LogP contribution in [0, 0.1) is 0 Å². The van der Waals surface area contributed by atoms with Gasteiger partial charge in [-0.1, -0.05) is 18.2 Å². The van der Waals surface area contributed by atoms with Gasteiger partial charge in [0.05, 0.1) is 10.5 Å². The third kappa shape index (κ3) is 5.24. The van der Waals surface area contributed by atoms with E-state index in [2.05, 4.69) is 26.7 Å². The van der Waals surface area contributed by atoms with Gasteiger partial charge >= 0.3 is 6.18 Å². The fourth-order valence-corrected chi connectivity index (χ4v) is 4.13. The van der Waals surface area contributed by atoms with Crippen LogP contribution >= 0.6 is 0 Å². The zero-order valence-electron chi connectivity index (χ0n) is 15.2. The molecule has 1 saturated heterocycles. The lowest BCUT2D eigenvalue weighted by Gasteiger charge is -2.36. The number of nitrogens with one attached hydrogen (secondary N) is 1. The molecule has 1 aliphatic heterocycles. The Morgan fingerprint density at radius 2 is 1.50 bits per heavy atom. The number of hydrogen-bond acceptors (Lipinski definition) is 4. The number of nitrogens with zero attached hydrogens (tertiary/aromatic N) is 2. The summed E-state index contributed by atoms with van der Waals surface area (Å²) >= 11 is 0. The number of sulfonamides is 1. The van der Waals surface area contributed by atoms with E-state index in [-0.39, 0.29) is 11.4 Å². The molecule has 0 atom stereocenters. The maximum absolute atomic E-state index is 12.6. The molecule has 152 valence electrons. The number of rotatable bonds is 6. The van der Waals surface area contributed by atoms with Gasteiger partial charge in [0.2, 0.25) is 10.0 Å². The molecule has 9 heteroatoms. The third-order valence-corrected chi connectivity index (χ3v) is 6.18. The molecule has 5 nitrogen and oxygen atoms in total. The highest BCUT2D eigenvalue weighted by Gasteiger charge is 2.30. The van der Waals surface area contributed by atoms with Crippen LogP contribution in [0.3, 0.4) is 0 Å². The molecule has 0 radical (unpaired) electrons. The quantitative estimate of drug-likeness (QED) is 0.791. The first-order valence-electron chi connectivity index (χ1n) is 8.95. The second kappa shape index (κ2) is 8.50. The predicted molar refractivity (Wildman–Crippen MR) is 102 cm³/mol. The molecule has 3 rings (SSSR count). The molecule has 0 aliphatic carbocycles. The Bertz CT molecular complexity index is 864. The molecular formula is C19H22F3N3O2S. The zero-order chi connectivity index (χ0) is 20.2. The fourth-order valence-electron chi connectivity index (χ4n) is 3.11. The molecular weight excluding hydrogens is 391 g/mol. The van der Waals surface area contributed by atoms with E-state index in [1.165, 1.54) is 5.69 Å². The van der Waals surface area contributed by atoms with Gasteiger partial charge in [-0.15, -0.1) is 0 Å². The van der Waals surface area contributed by atoms with Gasteiger partial charge in [-0.05, 0) is 36.4 Å². The summed E-state index contributed by atoms with van der Waals surface area (Å²) in [7, 11) is -3.83. The highest BCUT2D eigenvalue weighted by atomic mass is 32.2. The van der Waals surface area contributed by atoms with Crippen molar-refractivity contribution < 1.29 is 21.6 Å². The van der Waals surface area contributed by atoms with Gasteiger partial charge < -0.3 is 4.90 Å². The van der Waals surface area contributed by atoms with E-state index in [9.17, 15) is 21.6 Å². The summed E-state index contributed by atoms with van der Waals surface area (Å²) in [6.07, 6.45) is -4.49. The smallest absolute Gasteiger partial charge is 0.369 e. The number of anilines is 1. The van der Waals surface area contributed by atoms with Gasteiger partial charge in [0.25, 0.3) is 0 Å². The van der Waals surface area contributed by atoms with Crippen LogP contribution in [-0.2, 0) is 16.2 Å². The zero-order valence-corrected chi connectivity index (χ0v) is 16.0. The van der Waals surface area contributed by atoms with Crippen molar-refractivity contribution in [2.24, 2.45) is 0 Å². The van der Waals surface area contributed by atoms with Crippen molar-refractivity contribution in [2.45, 2.75) is 11.1 Å². The minimum Gasteiger partial charge on any atom is -0.369 e. The van der Waals surface area contributed by atoms with Gasteiger partial charge in [-0.25, -0.2) is 13.1 Å². The summed E-state index contributed by atoms with van der Waals surface area (Å²) in [6.45, 7) is 4.09. The fraction of sp³-hybridized carbons (Fsp3) is 0.368. The monoisotopic (exact) mass is 413 g/mol. The molecule has 28 heavy (non-hydrogen) atoms. The Labute approximate surface area is 162 Å². The topological polar surface area (TPSA) is 52.7 Å². The summed E-state index contributed by atoms with van der Waals surface area (Å²) in [4.78, 5) is 4.27. The molecule has 2 aromatic rings. The number of piperazine rings is 1. The Kier molecular flexibility index (Phi) is 6.26. The van der Waals surface area contributed by atoms with E-state index in [1.54, 1.807) is 0 Å². The SMILES string of the molecule is O=S(=O)(NCCN1CCN(c2ccccc2)CC1)c1ccc(C(F)(F)F)cc1. The number of benzene rings is 2. The minimum atomic E-state index is -4.49. The molecule has 0 saturated carbocycles. The number of hydrogen-bond donors (Lipinski definition) is 1. The van der Waals surface area contributed by atoms with Crippen LogP contribution in [0.15, 0.2) is 59.5 Å². The van der Waals surface area contributed by atoms with Crippen LogP contribution in [0.25, 0.3) is 0 Å². The molecule has 1 aliphatic rings. The maximum atomic E-state index is 12.6. The molecule has 1 heterocycles. The van der Waals surface area contributed by atoms with Crippen molar-refractivity contribution in [1.82, 2.24) is 9.62 Å². The van der Waals surface area contributed by atoms with Crippen LogP contribution in [0.5, 0.6) is 0 Å². The maximum Gasteiger partial charge on any atom is 0.416 e. The van der Waals surface area contributed by atoms with E-state index in [0.717, 1.165) is 50.4 Å². The van der Waals surface area contributed by atoms with Crippen LogP contribution in [0.2, 0.25) is 0 Å². The number of para-hydroxylation sites is 1. The molecule has 0 amide bonds. The van der Waals surface area contributed by atoms with E-state index < -0.39 is 21.8 Å². The van der Waals surface area contributed by atoms with Gasteiger partial charge in [0.1, 0.15) is 0 Å². The van der Waals surface area contributed by atoms with Gasteiger partial charge in [-0.3, -0.25) is 4.90 Å². The first kappa shape index (κ1) is 20.6. The van der Waals surface area contributed by atoms with Gasteiger partial charge in [0, 0.05) is 45.0 Å². The Morgan fingerprint density at radius 1 is 0.893 bits per heavy atom. The van der Waals surface area contributed by atoms with E-state index in [1.807, 2.05) is 18.2 Å². The highest BCUT2D eigenvalue weighted by molar-refractivity contribution is 7.89. The van der Waals surface area contributed by atoms with Gasteiger partial charge in [0.15, 0.2) is 0 Å². The van der Waals surface area contributed by atoms with Crippen LogP contribution < -0.4 is 9.62 Å². The molecule has 0 bridgehead atoms. The lowest BCUT2D eigenvalue weighted by molar-refractivity contribution is -0.137. The first-order valence-corrected chi connectivity index (χ1v) is 10.4. The second-order valence-electron chi connectivity index (χ2n) is 6.58. The standard InChI is InChI=1S/C19H22F3N3O2S/c20-19(21,22)16-6-8-18(9-7-16)28(26,27)23-10-11-24-12-14-25(15-13-24)17-4-2-1-3-5-17/h1-9,23H,10-15H2. The lowest BCUT2D eigenvalue weighted by atomic mass is 10.2. The van der Waals surface area contributed by atoms with E-state index in [0.29, 0.717) is 6.54 Å². The second-order valence-corrected chi connectivity index (χ2v) is 8.35. The van der Waals surface area contributed by atoms with Crippen molar-refractivity contribution in [3.8, 4) is 0 Å². The molecule has 1 N–H and O–H groups in total. The van der Waals surface area contributed by atoms with Crippen molar-refractivity contribution in [2.75, 3.05) is 44.2 Å². The summed E-state index contributed by atoms with van der Waals surface area (Å²) in [5.74, 6) is 0. The van der Waals surface area contributed by atoms with Crippen molar-refractivity contribution >= 4 is 15.7 Å². The van der Waals surface area contributed by atoms with Crippen molar-refractivity contribution in [3.63, 3.8) is 0 Å². The lowest BCUT2D eigenvalue weighted by Crippen LogP contribution is -2.48. The van der Waals surface area contributed by atoms with Crippen molar-refractivity contribution in [1.29, 1.82) is 0 Å². The number of halogens is 3. The Hall–Kier alpha value is -2.10.